The molecule has 0 spiro atoms. The molecule has 0 aliphatic rings. The largest absolute Gasteiger partial charge is 0.366 e. The molecule has 0 radical (unpaired) electrons. The van der Waals surface area contributed by atoms with Crippen LogP contribution in [0.2, 0.25) is 0 Å². The zero-order valence-corrected chi connectivity index (χ0v) is 8.78. The van der Waals surface area contributed by atoms with Crippen LogP contribution in [0.3, 0.4) is 0 Å². The van der Waals surface area contributed by atoms with Crippen LogP contribution < -0.4 is 5.73 Å². The lowest BCUT2D eigenvalue weighted by atomic mass is 10.1. The van der Waals surface area contributed by atoms with Crippen molar-refractivity contribution in [2.24, 2.45) is 5.73 Å². The first-order valence-electron chi connectivity index (χ1n) is 4.02. The third kappa shape index (κ3) is 1.48. The van der Waals surface area contributed by atoms with Crippen molar-refractivity contribution in [1.29, 1.82) is 0 Å². The zero-order valence-electron chi connectivity index (χ0n) is 7.20. The lowest BCUT2D eigenvalue weighted by molar-refractivity contribution is 0.100. The summed E-state index contributed by atoms with van der Waals surface area (Å²) < 4.78 is 0.782. The Hall–Kier alpha value is -1.42. The highest BCUT2D eigenvalue weighted by molar-refractivity contribution is 9.10. The SMILES string of the molecule is NC(=O)c1cc(Br)c2ncccc2c1. The summed E-state index contributed by atoms with van der Waals surface area (Å²) >= 11 is 3.35. The van der Waals surface area contributed by atoms with Crippen molar-refractivity contribution in [1.82, 2.24) is 4.98 Å². The number of amides is 1. The van der Waals surface area contributed by atoms with Gasteiger partial charge in [0, 0.05) is 21.6 Å². The normalized spacial score (nSPS) is 10.4. The molecule has 0 atom stereocenters. The van der Waals surface area contributed by atoms with Crippen LogP contribution in [0.25, 0.3) is 10.9 Å². The molecule has 0 saturated carbocycles. The summed E-state index contributed by atoms with van der Waals surface area (Å²) in [5, 5.41) is 0.899. The van der Waals surface area contributed by atoms with E-state index < -0.39 is 5.91 Å². The Bertz CT molecular complexity index is 510. The summed E-state index contributed by atoms with van der Waals surface area (Å²) in [5.41, 5.74) is 6.51. The number of fused-ring (bicyclic) bond motifs is 1. The van der Waals surface area contributed by atoms with Gasteiger partial charge in [-0.2, -0.15) is 0 Å². The molecule has 0 aliphatic carbocycles. The number of nitrogens with zero attached hydrogens (tertiary/aromatic N) is 1. The molecule has 14 heavy (non-hydrogen) atoms. The van der Waals surface area contributed by atoms with Crippen molar-refractivity contribution in [3.63, 3.8) is 0 Å². The van der Waals surface area contributed by atoms with Gasteiger partial charge in [-0.25, -0.2) is 0 Å². The Morgan fingerprint density at radius 3 is 2.93 bits per heavy atom. The molecular formula is C10H7BrN2O. The second-order valence-corrected chi connectivity index (χ2v) is 3.75. The minimum atomic E-state index is -0.434. The topological polar surface area (TPSA) is 56.0 Å². The number of halogens is 1. The molecule has 4 heteroatoms. The fourth-order valence-corrected chi connectivity index (χ4v) is 1.87. The van der Waals surface area contributed by atoms with Crippen molar-refractivity contribution in [2.75, 3.05) is 0 Å². The van der Waals surface area contributed by atoms with Crippen LogP contribution in [0.1, 0.15) is 10.4 Å². The number of nitrogens with two attached hydrogens (primary N) is 1. The van der Waals surface area contributed by atoms with Gasteiger partial charge in [0.1, 0.15) is 0 Å². The van der Waals surface area contributed by atoms with E-state index >= 15 is 0 Å². The lowest BCUT2D eigenvalue weighted by Crippen LogP contribution is -2.10. The second kappa shape index (κ2) is 3.38. The molecule has 1 aromatic heterocycles. The van der Waals surface area contributed by atoms with Crippen LogP contribution in [-0.2, 0) is 0 Å². The molecule has 2 rings (SSSR count). The third-order valence-corrected chi connectivity index (χ3v) is 2.55. The maximum absolute atomic E-state index is 11.0. The molecule has 1 heterocycles. The van der Waals surface area contributed by atoms with Crippen molar-refractivity contribution < 1.29 is 4.79 Å². The summed E-state index contributed by atoms with van der Waals surface area (Å²) in [6, 6.07) is 7.12. The number of hydrogen-bond acceptors (Lipinski definition) is 2. The van der Waals surface area contributed by atoms with Gasteiger partial charge in [0.2, 0.25) is 5.91 Å². The molecule has 2 aromatic rings. The number of carbonyl (C=O) groups is 1. The Morgan fingerprint density at radius 2 is 2.21 bits per heavy atom. The molecule has 0 bridgehead atoms. The van der Waals surface area contributed by atoms with E-state index in [-0.39, 0.29) is 0 Å². The molecule has 70 valence electrons. The summed E-state index contributed by atoms with van der Waals surface area (Å²) in [4.78, 5) is 15.2. The van der Waals surface area contributed by atoms with E-state index in [1.54, 1.807) is 18.3 Å². The van der Waals surface area contributed by atoms with Gasteiger partial charge in [-0.3, -0.25) is 9.78 Å². The minimum Gasteiger partial charge on any atom is -0.366 e. The molecule has 2 N–H and O–H groups in total. The van der Waals surface area contributed by atoms with Crippen LogP contribution in [0.15, 0.2) is 34.9 Å². The van der Waals surface area contributed by atoms with Gasteiger partial charge in [0.15, 0.2) is 0 Å². The van der Waals surface area contributed by atoms with E-state index in [9.17, 15) is 4.79 Å². The van der Waals surface area contributed by atoms with E-state index in [4.69, 9.17) is 5.73 Å². The summed E-state index contributed by atoms with van der Waals surface area (Å²) in [7, 11) is 0. The first kappa shape index (κ1) is 9.15. The van der Waals surface area contributed by atoms with Gasteiger partial charge in [-0.1, -0.05) is 6.07 Å². The Balaban J connectivity index is 2.78. The maximum atomic E-state index is 11.0. The predicted molar refractivity (Wildman–Crippen MR) is 58.0 cm³/mol. The molecule has 0 unspecified atom stereocenters. The second-order valence-electron chi connectivity index (χ2n) is 2.90. The van der Waals surface area contributed by atoms with Gasteiger partial charge < -0.3 is 5.73 Å². The van der Waals surface area contributed by atoms with E-state index in [0.29, 0.717) is 5.56 Å². The Labute approximate surface area is 89.1 Å². The van der Waals surface area contributed by atoms with E-state index in [2.05, 4.69) is 20.9 Å². The molecule has 1 amide bonds. The van der Waals surface area contributed by atoms with Crippen molar-refractivity contribution in [3.05, 3.63) is 40.5 Å². The number of primary amides is 1. The maximum Gasteiger partial charge on any atom is 0.248 e. The number of carbonyl (C=O) groups excluding carboxylic acids is 1. The molecular weight excluding hydrogens is 244 g/mol. The van der Waals surface area contributed by atoms with E-state index in [0.717, 1.165) is 15.4 Å². The molecule has 0 fully saturated rings. The van der Waals surface area contributed by atoms with Crippen molar-refractivity contribution in [2.45, 2.75) is 0 Å². The average Bonchev–Trinajstić information content (AvgIpc) is 2.17. The van der Waals surface area contributed by atoms with Gasteiger partial charge in [-0.15, -0.1) is 0 Å². The van der Waals surface area contributed by atoms with Gasteiger partial charge >= 0.3 is 0 Å². The van der Waals surface area contributed by atoms with Crippen LogP contribution in [-0.4, -0.2) is 10.9 Å². The van der Waals surface area contributed by atoms with Crippen molar-refractivity contribution >= 4 is 32.7 Å². The summed E-state index contributed by atoms with van der Waals surface area (Å²) in [6.07, 6.45) is 1.71. The van der Waals surface area contributed by atoms with E-state index in [1.165, 1.54) is 0 Å². The monoisotopic (exact) mass is 250 g/mol. The quantitative estimate of drug-likeness (QED) is 0.843. The van der Waals surface area contributed by atoms with Gasteiger partial charge in [0.25, 0.3) is 0 Å². The average molecular weight is 251 g/mol. The first-order chi connectivity index (χ1) is 6.68. The van der Waals surface area contributed by atoms with Gasteiger partial charge in [-0.05, 0) is 34.1 Å². The molecule has 0 saturated heterocycles. The highest BCUT2D eigenvalue weighted by atomic mass is 79.9. The van der Waals surface area contributed by atoms with Crippen LogP contribution in [0, 0.1) is 0 Å². The smallest absolute Gasteiger partial charge is 0.248 e. The van der Waals surface area contributed by atoms with Gasteiger partial charge in [0.05, 0.1) is 5.52 Å². The Kier molecular flexibility index (Phi) is 2.21. The third-order valence-electron chi connectivity index (χ3n) is 1.94. The predicted octanol–water partition coefficient (Wildman–Crippen LogP) is 2.10. The van der Waals surface area contributed by atoms with Crippen LogP contribution in [0.5, 0.6) is 0 Å². The van der Waals surface area contributed by atoms with Crippen molar-refractivity contribution in [3.8, 4) is 0 Å². The molecule has 0 aliphatic heterocycles. The van der Waals surface area contributed by atoms with E-state index in [1.807, 2.05) is 12.1 Å². The standard InChI is InChI=1S/C10H7BrN2O/c11-8-5-7(10(12)14)4-6-2-1-3-13-9(6)8/h1-5H,(H2,12,14). The highest BCUT2D eigenvalue weighted by Gasteiger charge is 2.05. The number of rotatable bonds is 1. The number of pyridine rings is 1. The number of aromatic nitrogens is 1. The highest BCUT2D eigenvalue weighted by Crippen LogP contribution is 2.23. The fraction of sp³-hybridized carbons (Fsp3) is 0. The lowest BCUT2D eigenvalue weighted by Gasteiger charge is -2.01. The summed E-state index contributed by atoms with van der Waals surface area (Å²) in [5.74, 6) is -0.434. The molecule has 3 nitrogen and oxygen atoms in total. The minimum absolute atomic E-state index is 0.434. The number of benzene rings is 1. The summed E-state index contributed by atoms with van der Waals surface area (Å²) in [6.45, 7) is 0. The van der Waals surface area contributed by atoms with Crippen LogP contribution in [0.4, 0.5) is 0 Å². The Morgan fingerprint density at radius 1 is 1.43 bits per heavy atom. The molecule has 1 aromatic carbocycles. The van der Waals surface area contributed by atoms with Crippen LogP contribution >= 0.6 is 15.9 Å². The first-order valence-corrected chi connectivity index (χ1v) is 4.82. The number of hydrogen-bond donors (Lipinski definition) is 1. The zero-order chi connectivity index (χ0) is 10.1. The fourth-order valence-electron chi connectivity index (χ4n) is 1.29.